The first-order chi connectivity index (χ1) is 9.11. The third-order valence-corrected chi connectivity index (χ3v) is 3.56. The quantitative estimate of drug-likeness (QED) is 0.825. The number of methoxy groups -OCH3 is 1. The first-order valence-corrected chi connectivity index (χ1v) is 6.54. The number of hydrogen-bond acceptors (Lipinski definition) is 3. The maximum Gasteiger partial charge on any atom is 0.307 e. The summed E-state index contributed by atoms with van der Waals surface area (Å²) in [6, 6.07) is 9.20. The summed E-state index contributed by atoms with van der Waals surface area (Å²) < 4.78 is 4.69. The lowest BCUT2D eigenvalue weighted by Crippen LogP contribution is -2.31. The summed E-state index contributed by atoms with van der Waals surface area (Å²) in [5.41, 5.74) is 0.926. The largest absolute Gasteiger partial charge is 0.469 e. The second-order valence-corrected chi connectivity index (χ2v) is 5.07. The van der Waals surface area contributed by atoms with E-state index in [1.54, 1.807) is 0 Å². The number of esters is 1. The molecule has 3 atom stereocenters. The van der Waals surface area contributed by atoms with Crippen LogP contribution in [0.25, 0.3) is 0 Å². The third kappa shape index (κ3) is 3.56. The Morgan fingerprint density at radius 2 is 2.00 bits per heavy atom. The minimum absolute atomic E-state index is 0.0326. The average Bonchev–Trinajstić information content (AvgIpc) is 3.16. The van der Waals surface area contributed by atoms with Crippen LogP contribution in [0.15, 0.2) is 30.3 Å². The van der Waals surface area contributed by atoms with E-state index in [4.69, 9.17) is 4.74 Å². The lowest BCUT2D eigenvalue weighted by Gasteiger charge is -2.18. The molecule has 1 aliphatic carbocycles. The predicted molar refractivity (Wildman–Crippen MR) is 71.2 cm³/mol. The number of rotatable bonds is 5. The molecular weight excluding hydrogens is 242 g/mol. The smallest absolute Gasteiger partial charge is 0.307 e. The zero-order valence-corrected chi connectivity index (χ0v) is 11.3. The minimum atomic E-state index is -0.321. The summed E-state index contributed by atoms with van der Waals surface area (Å²) in [6.07, 6.45) is 1.10. The second kappa shape index (κ2) is 5.87. The second-order valence-electron chi connectivity index (χ2n) is 5.07. The zero-order chi connectivity index (χ0) is 13.8. The highest BCUT2D eigenvalue weighted by Gasteiger charge is 2.40. The van der Waals surface area contributed by atoms with Crippen LogP contribution in [0, 0.1) is 11.8 Å². The van der Waals surface area contributed by atoms with Crippen LogP contribution in [0.5, 0.6) is 0 Å². The van der Waals surface area contributed by atoms with Crippen molar-refractivity contribution in [1.29, 1.82) is 0 Å². The van der Waals surface area contributed by atoms with Gasteiger partial charge in [-0.05, 0) is 17.9 Å². The SMILES string of the molecule is COC(=O)C[C@H](NC(=O)[C@H]1C[C@H]1C)c1ccccc1. The first kappa shape index (κ1) is 13.6. The van der Waals surface area contributed by atoms with Crippen LogP contribution in [0.1, 0.15) is 31.4 Å². The van der Waals surface area contributed by atoms with Crippen molar-refractivity contribution in [3.63, 3.8) is 0 Å². The number of ether oxygens (including phenoxy) is 1. The van der Waals surface area contributed by atoms with Gasteiger partial charge in [0.2, 0.25) is 5.91 Å². The molecule has 0 unspecified atom stereocenters. The standard InChI is InChI=1S/C15H19NO3/c1-10-8-12(10)15(18)16-13(9-14(17)19-2)11-6-4-3-5-7-11/h3-7,10,12-13H,8-9H2,1-2H3,(H,16,18)/t10-,12+,13+/m1/s1. The normalized spacial score (nSPS) is 22.4. The van der Waals surface area contributed by atoms with Gasteiger partial charge in [-0.1, -0.05) is 37.3 Å². The molecule has 1 aliphatic rings. The molecule has 4 heteroatoms. The Hall–Kier alpha value is -1.84. The van der Waals surface area contributed by atoms with Gasteiger partial charge in [-0.15, -0.1) is 0 Å². The molecule has 102 valence electrons. The molecule has 1 amide bonds. The van der Waals surface area contributed by atoms with Gasteiger partial charge in [-0.25, -0.2) is 0 Å². The van der Waals surface area contributed by atoms with Crippen molar-refractivity contribution in [3.8, 4) is 0 Å². The van der Waals surface area contributed by atoms with E-state index in [0.717, 1.165) is 12.0 Å². The summed E-state index contributed by atoms with van der Waals surface area (Å²) in [7, 11) is 1.36. The highest BCUT2D eigenvalue weighted by atomic mass is 16.5. The van der Waals surface area contributed by atoms with Gasteiger partial charge in [0.15, 0.2) is 0 Å². The Bertz CT molecular complexity index is 458. The van der Waals surface area contributed by atoms with Gasteiger partial charge in [0.1, 0.15) is 0 Å². The minimum Gasteiger partial charge on any atom is -0.469 e. The van der Waals surface area contributed by atoms with Gasteiger partial charge in [-0.2, -0.15) is 0 Å². The molecule has 19 heavy (non-hydrogen) atoms. The summed E-state index contributed by atoms with van der Waals surface area (Å²) in [6.45, 7) is 2.06. The highest BCUT2D eigenvalue weighted by molar-refractivity contribution is 5.82. The maximum atomic E-state index is 12.0. The van der Waals surface area contributed by atoms with Gasteiger partial charge in [0.05, 0.1) is 19.6 Å². The van der Waals surface area contributed by atoms with E-state index >= 15 is 0 Å². The number of hydrogen-bond donors (Lipinski definition) is 1. The van der Waals surface area contributed by atoms with Crippen LogP contribution < -0.4 is 5.32 Å². The Morgan fingerprint density at radius 1 is 1.37 bits per heavy atom. The summed E-state index contributed by atoms with van der Waals surface area (Å²) >= 11 is 0. The lowest BCUT2D eigenvalue weighted by molar-refractivity contribution is -0.141. The third-order valence-electron chi connectivity index (χ3n) is 3.56. The van der Waals surface area contributed by atoms with Crippen LogP contribution in [-0.2, 0) is 14.3 Å². The van der Waals surface area contributed by atoms with Crippen LogP contribution in [0.3, 0.4) is 0 Å². The van der Waals surface area contributed by atoms with Crippen molar-refractivity contribution in [1.82, 2.24) is 5.32 Å². The van der Waals surface area contributed by atoms with Crippen molar-refractivity contribution >= 4 is 11.9 Å². The van der Waals surface area contributed by atoms with Gasteiger partial charge in [-0.3, -0.25) is 9.59 Å². The van der Waals surface area contributed by atoms with Crippen molar-refractivity contribution in [2.45, 2.75) is 25.8 Å². The Balaban J connectivity index is 2.06. The molecule has 0 aliphatic heterocycles. The fraction of sp³-hybridized carbons (Fsp3) is 0.467. The van der Waals surface area contributed by atoms with E-state index in [1.807, 2.05) is 30.3 Å². The summed E-state index contributed by atoms with van der Waals surface area (Å²) in [4.78, 5) is 23.5. The number of carbonyl (C=O) groups excluding carboxylic acids is 2. The van der Waals surface area contributed by atoms with Crippen molar-refractivity contribution in [2.24, 2.45) is 11.8 Å². The molecule has 2 rings (SSSR count). The maximum absolute atomic E-state index is 12.0. The van der Waals surface area contributed by atoms with E-state index < -0.39 is 0 Å². The van der Waals surface area contributed by atoms with Gasteiger partial charge in [0.25, 0.3) is 0 Å². The van der Waals surface area contributed by atoms with E-state index in [2.05, 4.69) is 12.2 Å². The fourth-order valence-electron chi connectivity index (χ4n) is 2.15. The molecule has 0 heterocycles. The van der Waals surface area contributed by atoms with Crippen LogP contribution in [0.4, 0.5) is 0 Å². The molecule has 1 aromatic carbocycles. The van der Waals surface area contributed by atoms with E-state index in [9.17, 15) is 9.59 Å². The molecule has 1 aromatic rings. The molecule has 4 nitrogen and oxygen atoms in total. The average molecular weight is 261 g/mol. The number of benzene rings is 1. The fourth-order valence-corrected chi connectivity index (χ4v) is 2.15. The topological polar surface area (TPSA) is 55.4 Å². The first-order valence-electron chi connectivity index (χ1n) is 6.54. The molecule has 0 bridgehead atoms. The van der Waals surface area contributed by atoms with E-state index in [1.165, 1.54) is 7.11 Å². The molecule has 1 N–H and O–H groups in total. The van der Waals surface area contributed by atoms with Crippen LogP contribution in [0.2, 0.25) is 0 Å². The van der Waals surface area contributed by atoms with Gasteiger partial charge >= 0.3 is 5.97 Å². The monoisotopic (exact) mass is 261 g/mol. The van der Waals surface area contributed by atoms with Crippen molar-refractivity contribution in [3.05, 3.63) is 35.9 Å². The molecule has 1 saturated carbocycles. The van der Waals surface area contributed by atoms with Crippen LogP contribution in [-0.4, -0.2) is 19.0 Å². The zero-order valence-electron chi connectivity index (χ0n) is 11.3. The molecular formula is C15H19NO3. The Kier molecular flexibility index (Phi) is 4.20. The summed E-state index contributed by atoms with van der Waals surface area (Å²) in [5.74, 6) is 0.265. The van der Waals surface area contributed by atoms with Crippen molar-refractivity contribution in [2.75, 3.05) is 7.11 Å². The van der Waals surface area contributed by atoms with E-state index in [0.29, 0.717) is 5.92 Å². The van der Waals surface area contributed by atoms with E-state index in [-0.39, 0.29) is 30.3 Å². The number of nitrogens with one attached hydrogen (secondary N) is 1. The van der Waals surface area contributed by atoms with Gasteiger partial charge < -0.3 is 10.1 Å². The molecule has 0 aromatic heterocycles. The van der Waals surface area contributed by atoms with Crippen LogP contribution >= 0.6 is 0 Å². The molecule has 0 saturated heterocycles. The predicted octanol–water partition coefficient (Wildman–Crippen LogP) is 2.06. The highest BCUT2D eigenvalue weighted by Crippen LogP contribution is 2.38. The van der Waals surface area contributed by atoms with Gasteiger partial charge in [0, 0.05) is 5.92 Å². The molecule has 0 spiro atoms. The molecule has 0 radical (unpaired) electrons. The Labute approximate surface area is 113 Å². The van der Waals surface area contributed by atoms with Crippen molar-refractivity contribution < 1.29 is 14.3 Å². The molecule has 1 fully saturated rings. The number of amides is 1. The summed E-state index contributed by atoms with van der Waals surface area (Å²) in [5, 5.41) is 2.95. The lowest BCUT2D eigenvalue weighted by atomic mass is 10.0. The number of carbonyl (C=O) groups is 2. The Morgan fingerprint density at radius 3 is 2.53 bits per heavy atom.